The number of rotatable bonds is 0. The van der Waals surface area contributed by atoms with Crippen LogP contribution in [0.2, 0.25) is 0 Å². The molecule has 0 unspecified atom stereocenters. The lowest BCUT2D eigenvalue weighted by atomic mass is 9.80. The van der Waals surface area contributed by atoms with Crippen LogP contribution in [0, 0.1) is 11.8 Å². The number of hydrogen-bond donors (Lipinski definition) is 4. The van der Waals surface area contributed by atoms with Gasteiger partial charge in [0.15, 0.2) is 0 Å². The summed E-state index contributed by atoms with van der Waals surface area (Å²) in [4.78, 5) is 0. The normalized spacial score (nSPS) is 55.4. The highest BCUT2D eigenvalue weighted by Gasteiger charge is 2.63. The van der Waals surface area contributed by atoms with Crippen molar-refractivity contribution in [3.05, 3.63) is 35.4 Å². The Morgan fingerprint density at radius 3 is 1.22 bits per heavy atom. The first-order valence-electron chi connectivity index (χ1n) is 11.0. The molecule has 0 spiro atoms. The van der Waals surface area contributed by atoms with E-state index in [-0.39, 0.29) is 22.2 Å². The Bertz CT molecular complexity index is 712. The van der Waals surface area contributed by atoms with Crippen molar-refractivity contribution in [2.45, 2.75) is 91.8 Å². The summed E-state index contributed by atoms with van der Waals surface area (Å²) in [5, 5.41) is 0. The molecular formula is C23H34N4. The zero-order valence-electron chi connectivity index (χ0n) is 16.3. The first kappa shape index (κ1) is 17.0. The summed E-state index contributed by atoms with van der Waals surface area (Å²) < 4.78 is 0. The highest BCUT2D eigenvalue weighted by atomic mass is 15.0. The molecule has 0 aromatic heterocycles. The molecule has 0 aliphatic heterocycles. The molecule has 27 heavy (non-hydrogen) atoms. The van der Waals surface area contributed by atoms with Crippen LogP contribution in [0.3, 0.4) is 0 Å². The van der Waals surface area contributed by atoms with Crippen LogP contribution in [0.5, 0.6) is 0 Å². The predicted octanol–water partition coefficient (Wildman–Crippen LogP) is 2.46. The molecule has 0 heterocycles. The van der Waals surface area contributed by atoms with E-state index in [9.17, 15) is 0 Å². The van der Waals surface area contributed by atoms with Gasteiger partial charge in [-0.05, 0) is 92.6 Å². The Labute approximate surface area is 162 Å². The molecule has 6 fully saturated rings. The van der Waals surface area contributed by atoms with Gasteiger partial charge in [0.05, 0.1) is 0 Å². The van der Waals surface area contributed by atoms with Crippen LogP contribution < -0.4 is 22.9 Å². The number of benzene rings is 1. The second-order valence-electron chi connectivity index (χ2n) is 11.2. The Morgan fingerprint density at radius 1 is 0.556 bits per heavy atom. The lowest BCUT2D eigenvalue weighted by Crippen LogP contribution is -2.58. The molecule has 0 amide bonds. The first-order chi connectivity index (χ1) is 12.7. The van der Waals surface area contributed by atoms with Gasteiger partial charge in [-0.25, -0.2) is 0 Å². The lowest BCUT2D eigenvalue weighted by molar-refractivity contribution is 0.264. The van der Waals surface area contributed by atoms with Crippen molar-refractivity contribution in [3.8, 4) is 0 Å². The molecule has 8 N–H and O–H groups in total. The van der Waals surface area contributed by atoms with E-state index in [1.54, 1.807) is 0 Å². The molecule has 9 rings (SSSR count). The molecule has 6 saturated carbocycles. The molecule has 4 nitrogen and oxygen atoms in total. The SMILES string of the molecule is NC12CC3CC(C1)CC2(N)C3.NC12CC3CC1(N)CC(C2)c1ccccc13. The topological polar surface area (TPSA) is 104 Å². The van der Waals surface area contributed by atoms with E-state index in [2.05, 4.69) is 24.3 Å². The smallest absolute Gasteiger partial charge is 0.0349 e. The summed E-state index contributed by atoms with van der Waals surface area (Å²) in [7, 11) is 0. The van der Waals surface area contributed by atoms with E-state index in [1.165, 1.54) is 43.2 Å². The van der Waals surface area contributed by atoms with Crippen molar-refractivity contribution in [2.75, 3.05) is 0 Å². The van der Waals surface area contributed by atoms with Crippen molar-refractivity contribution >= 4 is 0 Å². The maximum atomic E-state index is 6.57. The fourth-order valence-corrected chi connectivity index (χ4v) is 8.57. The van der Waals surface area contributed by atoms with Gasteiger partial charge in [-0.1, -0.05) is 24.3 Å². The Kier molecular flexibility index (Phi) is 3.12. The van der Waals surface area contributed by atoms with E-state index in [0.29, 0.717) is 11.8 Å². The van der Waals surface area contributed by atoms with Gasteiger partial charge in [0, 0.05) is 22.2 Å². The first-order valence-corrected chi connectivity index (χ1v) is 11.0. The molecule has 8 aliphatic carbocycles. The minimum atomic E-state index is -0.0959. The van der Waals surface area contributed by atoms with E-state index in [4.69, 9.17) is 22.9 Å². The van der Waals surface area contributed by atoms with Crippen LogP contribution in [-0.2, 0) is 0 Å². The van der Waals surface area contributed by atoms with E-state index in [0.717, 1.165) is 37.5 Å². The van der Waals surface area contributed by atoms with Crippen LogP contribution >= 0.6 is 0 Å². The molecule has 1 aromatic rings. The molecule has 1 aromatic carbocycles. The predicted molar refractivity (Wildman–Crippen MR) is 108 cm³/mol. The van der Waals surface area contributed by atoms with Crippen LogP contribution in [0.4, 0.5) is 0 Å². The third-order valence-corrected chi connectivity index (χ3v) is 9.58. The van der Waals surface area contributed by atoms with Crippen molar-refractivity contribution in [1.82, 2.24) is 0 Å². The highest BCUT2D eigenvalue weighted by molar-refractivity contribution is 5.44. The van der Waals surface area contributed by atoms with Crippen molar-refractivity contribution in [1.29, 1.82) is 0 Å². The van der Waals surface area contributed by atoms with Crippen molar-refractivity contribution in [2.24, 2.45) is 34.8 Å². The fourth-order valence-electron chi connectivity index (χ4n) is 8.57. The summed E-state index contributed by atoms with van der Waals surface area (Å²) >= 11 is 0. The molecule has 8 bridgehead atoms. The molecule has 4 heteroatoms. The summed E-state index contributed by atoms with van der Waals surface area (Å²) in [6.45, 7) is 0. The quantitative estimate of drug-likeness (QED) is 0.566. The maximum absolute atomic E-state index is 6.57. The van der Waals surface area contributed by atoms with E-state index >= 15 is 0 Å². The van der Waals surface area contributed by atoms with Crippen molar-refractivity contribution < 1.29 is 0 Å². The second kappa shape index (κ2) is 4.96. The molecule has 8 aliphatic rings. The van der Waals surface area contributed by atoms with Crippen LogP contribution in [0.1, 0.15) is 80.8 Å². The third kappa shape index (κ3) is 2.08. The average molecular weight is 367 g/mol. The lowest BCUT2D eigenvalue weighted by Gasteiger charge is -2.33. The van der Waals surface area contributed by atoms with E-state index in [1.807, 2.05) is 0 Å². The van der Waals surface area contributed by atoms with Gasteiger partial charge >= 0.3 is 0 Å². The summed E-state index contributed by atoms with van der Waals surface area (Å²) in [6.07, 6.45) is 10.6. The van der Waals surface area contributed by atoms with Gasteiger partial charge < -0.3 is 22.9 Å². The van der Waals surface area contributed by atoms with Crippen LogP contribution in [0.25, 0.3) is 0 Å². The number of nitrogens with two attached hydrogens (primary N) is 4. The second-order valence-corrected chi connectivity index (χ2v) is 11.2. The summed E-state index contributed by atoms with van der Waals surface area (Å²) in [5.41, 5.74) is 28.7. The zero-order chi connectivity index (χ0) is 18.7. The van der Waals surface area contributed by atoms with Gasteiger partial charge in [0.1, 0.15) is 0 Å². The molecule has 0 saturated heterocycles. The fraction of sp³-hybridized carbons (Fsp3) is 0.739. The minimum Gasteiger partial charge on any atom is -0.324 e. The third-order valence-electron chi connectivity index (χ3n) is 9.58. The molecule has 146 valence electrons. The van der Waals surface area contributed by atoms with Gasteiger partial charge in [-0.2, -0.15) is 0 Å². The number of hydrogen-bond acceptors (Lipinski definition) is 4. The molecule has 0 atom stereocenters. The van der Waals surface area contributed by atoms with Crippen LogP contribution in [0.15, 0.2) is 24.3 Å². The Balaban J connectivity index is 0.000000116. The minimum absolute atomic E-state index is 0.0422. The van der Waals surface area contributed by atoms with Gasteiger partial charge in [0.2, 0.25) is 0 Å². The van der Waals surface area contributed by atoms with E-state index < -0.39 is 0 Å². The summed E-state index contributed by atoms with van der Waals surface area (Å²) in [6, 6.07) is 8.88. The Morgan fingerprint density at radius 2 is 0.889 bits per heavy atom. The standard InChI is InChI=1S/C14H18N2.C9H16N2/c15-13-5-9-6-14(13,16)8-10(7-13)12-4-2-1-3-11(9)12;10-8-2-6-1-7(4-8)5-9(8,11)3-6/h1-4,9-10H,5-8,15-16H2;6-7H,1-5,10-11H2. The average Bonchev–Trinajstić information content (AvgIpc) is 3.03. The summed E-state index contributed by atoms with van der Waals surface area (Å²) in [5.74, 6) is 2.97. The molecular weight excluding hydrogens is 332 g/mol. The van der Waals surface area contributed by atoms with Gasteiger partial charge in [-0.3, -0.25) is 0 Å². The monoisotopic (exact) mass is 366 g/mol. The van der Waals surface area contributed by atoms with Crippen molar-refractivity contribution in [3.63, 3.8) is 0 Å². The zero-order valence-corrected chi connectivity index (χ0v) is 16.3. The van der Waals surface area contributed by atoms with Gasteiger partial charge in [-0.15, -0.1) is 0 Å². The van der Waals surface area contributed by atoms with Gasteiger partial charge in [0.25, 0.3) is 0 Å². The largest absolute Gasteiger partial charge is 0.324 e. The Hall–Kier alpha value is -0.940. The highest BCUT2D eigenvalue weighted by Crippen LogP contribution is 2.62. The maximum Gasteiger partial charge on any atom is 0.0349 e. The van der Waals surface area contributed by atoms with Crippen LogP contribution in [-0.4, -0.2) is 22.2 Å². The molecule has 0 radical (unpaired) electrons.